The van der Waals surface area contributed by atoms with Crippen LogP contribution in [0.5, 0.6) is 0 Å². The molecule has 0 fully saturated rings. The van der Waals surface area contributed by atoms with Crippen LogP contribution in [0.4, 0.5) is 11.5 Å². The van der Waals surface area contributed by atoms with Crippen molar-refractivity contribution in [2.24, 2.45) is 0 Å². The summed E-state index contributed by atoms with van der Waals surface area (Å²) >= 11 is 5.87. The van der Waals surface area contributed by atoms with Crippen LogP contribution < -0.4 is 10.9 Å². The zero-order valence-electron chi connectivity index (χ0n) is 9.54. The predicted octanol–water partition coefficient (Wildman–Crippen LogP) is 2.78. The van der Waals surface area contributed by atoms with Crippen molar-refractivity contribution in [1.82, 2.24) is 9.97 Å². The van der Waals surface area contributed by atoms with Crippen molar-refractivity contribution in [3.8, 4) is 0 Å². The maximum atomic E-state index is 11.3. The average Bonchev–Trinajstić information content (AvgIpc) is 2.31. The second kappa shape index (κ2) is 4.59. The molecule has 1 heterocycles. The highest BCUT2D eigenvalue weighted by molar-refractivity contribution is 6.32. The van der Waals surface area contributed by atoms with Crippen molar-refractivity contribution < 1.29 is 0 Å². The van der Waals surface area contributed by atoms with E-state index in [0.29, 0.717) is 5.82 Å². The summed E-state index contributed by atoms with van der Waals surface area (Å²) < 4.78 is 0. The summed E-state index contributed by atoms with van der Waals surface area (Å²) in [5.41, 5.74) is 2.81. The predicted molar refractivity (Wildman–Crippen MR) is 69.1 cm³/mol. The molecule has 4 nitrogen and oxygen atoms in total. The summed E-state index contributed by atoms with van der Waals surface area (Å²) in [4.78, 5) is 17.7. The number of halogens is 1. The van der Waals surface area contributed by atoms with Crippen LogP contribution in [0.3, 0.4) is 0 Å². The molecule has 1 aromatic heterocycles. The van der Waals surface area contributed by atoms with E-state index in [1.807, 2.05) is 32.0 Å². The molecule has 0 atom stereocenters. The fourth-order valence-corrected chi connectivity index (χ4v) is 1.63. The lowest BCUT2D eigenvalue weighted by atomic mass is 10.1. The van der Waals surface area contributed by atoms with Crippen LogP contribution in [0.15, 0.2) is 29.3 Å². The van der Waals surface area contributed by atoms with Crippen LogP contribution in [-0.4, -0.2) is 9.97 Å². The molecule has 5 heteroatoms. The van der Waals surface area contributed by atoms with E-state index in [-0.39, 0.29) is 10.6 Å². The van der Waals surface area contributed by atoms with Gasteiger partial charge in [-0.2, -0.15) is 0 Å². The van der Waals surface area contributed by atoms with E-state index in [9.17, 15) is 4.79 Å². The molecule has 0 aliphatic heterocycles. The van der Waals surface area contributed by atoms with Crippen molar-refractivity contribution in [3.63, 3.8) is 0 Å². The SMILES string of the molecule is Cc1cccc(Nc2nc[nH]c(=O)c2Cl)c1C. The van der Waals surface area contributed by atoms with Gasteiger partial charge in [0.15, 0.2) is 5.82 Å². The van der Waals surface area contributed by atoms with Gasteiger partial charge >= 0.3 is 0 Å². The molecule has 0 bridgehead atoms. The van der Waals surface area contributed by atoms with Crippen molar-refractivity contribution >= 4 is 23.1 Å². The number of rotatable bonds is 2. The van der Waals surface area contributed by atoms with E-state index in [1.54, 1.807) is 0 Å². The molecule has 2 aromatic rings. The highest BCUT2D eigenvalue weighted by atomic mass is 35.5. The zero-order valence-corrected chi connectivity index (χ0v) is 10.3. The monoisotopic (exact) mass is 249 g/mol. The van der Waals surface area contributed by atoms with E-state index in [0.717, 1.165) is 16.8 Å². The number of nitrogens with one attached hydrogen (secondary N) is 2. The van der Waals surface area contributed by atoms with Gasteiger partial charge in [-0.25, -0.2) is 4.98 Å². The summed E-state index contributed by atoms with van der Waals surface area (Å²) in [6.07, 6.45) is 1.32. The number of hydrogen-bond donors (Lipinski definition) is 2. The first-order valence-electron chi connectivity index (χ1n) is 5.16. The largest absolute Gasteiger partial charge is 0.339 e. The molecule has 0 saturated heterocycles. The molecule has 0 saturated carbocycles. The summed E-state index contributed by atoms with van der Waals surface area (Å²) in [7, 11) is 0. The molecule has 0 spiro atoms. The van der Waals surface area contributed by atoms with Gasteiger partial charge in [-0.15, -0.1) is 0 Å². The molecular formula is C12H12ClN3O. The number of hydrogen-bond acceptors (Lipinski definition) is 3. The summed E-state index contributed by atoms with van der Waals surface area (Å²) in [6, 6.07) is 5.88. The molecular weight excluding hydrogens is 238 g/mol. The Balaban J connectivity index is 2.42. The van der Waals surface area contributed by atoms with E-state index in [2.05, 4.69) is 15.3 Å². The topological polar surface area (TPSA) is 57.8 Å². The van der Waals surface area contributed by atoms with Gasteiger partial charge in [0.25, 0.3) is 5.56 Å². The summed E-state index contributed by atoms with van der Waals surface area (Å²) in [6.45, 7) is 4.02. The summed E-state index contributed by atoms with van der Waals surface area (Å²) in [5.74, 6) is 0.365. The lowest BCUT2D eigenvalue weighted by Crippen LogP contribution is -2.10. The van der Waals surface area contributed by atoms with Crippen LogP contribution >= 0.6 is 11.6 Å². The Labute approximate surface area is 104 Å². The number of H-pyrrole nitrogens is 1. The van der Waals surface area contributed by atoms with Gasteiger partial charge in [0.05, 0.1) is 6.33 Å². The maximum Gasteiger partial charge on any atom is 0.271 e. The van der Waals surface area contributed by atoms with Crippen LogP contribution in [-0.2, 0) is 0 Å². The van der Waals surface area contributed by atoms with Crippen molar-refractivity contribution in [3.05, 3.63) is 51.0 Å². The lowest BCUT2D eigenvalue weighted by molar-refractivity contribution is 1.12. The van der Waals surface area contributed by atoms with Gasteiger partial charge in [0, 0.05) is 5.69 Å². The summed E-state index contributed by atoms with van der Waals surface area (Å²) in [5, 5.41) is 3.12. The molecule has 2 rings (SSSR count). The van der Waals surface area contributed by atoms with E-state index in [1.165, 1.54) is 6.33 Å². The molecule has 1 aromatic carbocycles. The maximum absolute atomic E-state index is 11.3. The van der Waals surface area contributed by atoms with Gasteiger partial charge in [-0.3, -0.25) is 4.79 Å². The minimum absolute atomic E-state index is 0.0633. The molecule has 2 N–H and O–H groups in total. The lowest BCUT2D eigenvalue weighted by Gasteiger charge is -2.11. The fraction of sp³-hybridized carbons (Fsp3) is 0.167. The number of aryl methyl sites for hydroxylation is 1. The molecule has 0 radical (unpaired) electrons. The van der Waals surface area contributed by atoms with Crippen molar-refractivity contribution in [1.29, 1.82) is 0 Å². The number of benzene rings is 1. The molecule has 88 valence electrons. The molecule has 0 amide bonds. The molecule has 0 aliphatic carbocycles. The molecule has 0 unspecified atom stereocenters. The van der Waals surface area contributed by atoms with Gasteiger partial charge in [-0.05, 0) is 31.0 Å². The Bertz CT molecular complexity index is 607. The third-order valence-corrected chi connectivity index (χ3v) is 3.00. The van der Waals surface area contributed by atoms with Crippen LogP contribution in [0, 0.1) is 13.8 Å². The van der Waals surface area contributed by atoms with Gasteiger partial charge in [0.1, 0.15) is 5.02 Å². The number of aromatic nitrogens is 2. The van der Waals surface area contributed by atoms with E-state index in [4.69, 9.17) is 11.6 Å². The Morgan fingerprint density at radius 1 is 1.35 bits per heavy atom. The van der Waals surface area contributed by atoms with E-state index < -0.39 is 0 Å². The first kappa shape index (κ1) is 11.7. The number of nitrogens with zero attached hydrogens (tertiary/aromatic N) is 1. The minimum atomic E-state index is -0.352. The van der Waals surface area contributed by atoms with Crippen molar-refractivity contribution in [2.75, 3.05) is 5.32 Å². The van der Waals surface area contributed by atoms with Crippen LogP contribution in [0.1, 0.15) is 11.1 Å². The second-order valence-corrected chi connectivity index (χ2v) is 4.14. The standard InChI is InChI=1S/C12H12ClN3O/c1-7-4-3-5-9(8(7)2)16-11-10(13)12(17)15-6-14-11/h3-6H,1-2H3,(H2,14,15,16,17). The van der Waals surface area contributed by atoms with Gasteiger partial charge in [-0.1, -0.05) is 23.7 Å². The first-order valence-corrected chi connectivity index (χ1v) is 5.54. The quantitative estimate of drug-likeness (QED) is 0.861. The number of anilines is 2. The second-order valence-electron chi connectivity index (χ2n) is 3.77. The minimum Gasteiger partial charge on any atom is -0.339 e. The van der Waals surface area contributed by atoms with Crippen molar-refractivity contribution in [2.45, 2.75) is 13.8 Å². The van der Waals surface area contributed by atoms with Gasteiger partial charge in [0.2, 0.25) is 0 Å². The Hall–Kier alpha value is -1.81. The molecule has 0 aliphatic rings. The first-order chi connectivity index (χ1) is 8.09. The fourth-order valence-electron chi connectivity index (χ4n) is 1.48. The average molecular weight is 250 g/mol. The third-order valence-electron chi connectivity index (χ3n) is 2.65. The normalized spacial score (nSPS) is 10.3. The number of aromatic amines is 1. The zero-order chi connectivity index (χ0) is 12.4. The highest BCUT2D eigenvalue weighted by Crippen LogP contribution is 2.23. The van der Waals surface area contributed by atoms with E-state index >= 15 is 0 Å². The van der Waals surface area contributed by atoms with Crippen LogP contribution in [0.2, 0.25) is 5.02 Å². The Morgan fingerprint density at radius 2 is 2.12 bits per heavy atom. The highest BCUT2D eigenvalue weighted by Gasteiger charge is 2.07. The van der Waals surface area contributed by atoms with Gasteiger partial charge < -0.3 is 10.3 Å². The third kappa shape index (κ3) is 2.31. The Morgan fingerprint density at radius 3 is 2.88 bits per heavy atom. The molecule has 17 heavy (non-hydrogen) atoms. The van der Waals surface area contributed by atoms with Crippen LogP contribution in [0.25, 0.3) is 0 Å². The smallest absolute Gasteiger partial charge is 0.271 e. The Kier molecular flexibility index (Phi) is 3.15.